The monoisotopic (exact) mass is 457 g/mol. The summed E-state index contributed by atoms with van der Waals surface area (Å²) in [7, 11) is 6.22. The van der Waals surface area contributed by atoms with Crippen molar-refractivity contribution in [2.75, 3.05) is 33.1 Å². The quantitative estimate of drug-likeness (QED) is 0.564. The fourth-order valence-corrected chi connectivity index (χ4v) is 7.88. The van der Waals surface area contributed by atoms with E-state index >= 15 is 0 Å². The van der Waals surface area contributed by atoms with Crippen LogP contribution < -0.4 is 20.9 Å². The Bertz CT molecular complexity index is 1290. The minimum atomic E-state index is -2.03. The van der Waals surface area contributed by atoms with E-state index in [1.54, 1.807) is 12.1 Å². The third-order valence-corrected chi connectivity index (χ3v) is 10.3. The minimum Gasteiger partial charge on any atom is -0.545 e. The lowest BCUT2D eigenvalue weighted by Crippen LogP contribution is -2.49. The van der Waals surface area contributed by atoms with Crippen LogP contribution in [0.1, 0.15) is 27.0 Å². The van der Waals surface area contributed by atoms with Crippen molar-refractivity contribution >= 4 is 36.2 Å². The molecule has 0 aromatic heterocycles. The van der Waals surface area contributed by atoms with Crippen LogP contribution in [0.3, 0.4) is 0 Å². The average molecular weight is 458 g/mol. The summed E-state index contributed by atoms with van der Waals surface area (Å²) in [4.78, 5) is 13.6. The van der Waals surface area contributed by atoms with Crippen LogP contribution in [0, 0.1) is 0 Å². The first-order valence-electron chi connectivity index (χ1n) is 11.1. The van der Waals surface area contributed by atoms with Gasteiger partial charge in [-0.2, -0.15) is 0 Å². The highest BCUT2D eigenvalue weighted by Crippen LogP contribution is 2.42. The molecule has 4 rings (SSSR count). The highest BCUT2D eigenvalue weighted by molar-refractivity contribution is 6.98. The number of carbonyl (C=O) groups excluding carboxylic acids is 1. The van der Waals surface area contributed by atoms with E-state index in [9.17, 15) is 9.90 Å². The number of allylic oxidation sites excluding steroid dienone is 5. The Balaban J connectivity index is 2.10. The molecule has 1 heterocycles. The maximum absolute atomic E-state index is 11.5. The Hall–Kier alpha value is -3.22. The van der Waals surface area contributed by atoms with Crippen molar-refractivity contribution in [1.29, 1.82) is 0 Å². The number of hydrogen-bond acceptors (Lipinski definition) is 4. The van der Waals surface area contributed by atoms with Crippen molar-refractivity contribution in [3.05, 3.63) is 87.6 Å². The lowest BCUT2D eigenvalue weighted by molar-refractivity contribution is -0.462. The number of rotatable bonds is 4. The second-order valence-electron chi connectivity index (χ2n) is 9.61. The molecule has 0 radical (unpaired) electrons. The molecule has 0 unspecified atom stereocenters. The number of aromatic carboxylic acids is 1. The molecule has 5 nitrogen and oxygen atoms in total. The van der Waals surface area contributed by atoms with Crippen LogP contribution in [0.4, 0.5) is 5.69 Å². The van der Waals surface area contributed by atoms with Crippen LogP contribution in [0.5, 0.6) is 0 Å². The molecule has 6 heteroatoms. The largest absolute Gasteiger partial charge is 0.545 e. The molecule has 1 aliphatic heterocycles. The minimum absolute atomic E-state index is 0.150. The van der Waals surface area contributed by atoms with Gasteiger partial charge in [-0.1, -0.05) is 31.3 Å². The second-order valence-corrected chi connectivity index (χ2v) is 13.9. The van der Waals surface area contributed by atoms with Crippen molar-refractivity contribution < 1.29 is 14.5 Å². The van der Waals surface area contributed by atoms with Gasteiger partial charge in [0.15, 0.2) is 5.71 Å². The molecule has 2 aliphatic rings. The van der Waals surface area contributed by atoms with Crippen LogP contribution in [-0.4, -0.2) is 52.5 Å². The lowest BCUT2D eigenvalue weighted by atomic mass is 9.86. The molecule has 0 fully saturated rings. The molecule has 0 spiro atoms. The molecule has 0 atom stereocenters. The van der Waals surface area contributed by atoms with Crippen LogP contribution in [0.25, 0.3) is 5.57 Å². The van der Waals surface area contributed by atoms with Crippen LogP contribution in [-0.2, 0) is 6.54 Å². The van der Waals surface area contributed by atoms with Crippen molar-refractivity contribution in [2.45, 2.75) is 19.6 Å². The van der Waals surface area contributed by atoms with Crippen molar-refractivity contribution in [3.8, 4) is 0 Å². The summed E-state index contributed by atoms with van der Waals surface area (Å²) in [5.41, 5.74) is 13.9. The Kier molecular flexibility index (Phi) is 5.76. The molecule has 33 heavy (non-hydrogen) atoms. The number of carbonyl (C=O) groups is 1. The van der Waals surface area contributed by atoms with Crippen molar-refractivity contribution in [3.63, 3.8) is 0 Å². The second kappa shape index (κ2) is 8.28. The molecular weight excluding hydrogens is 426 g/mol. The van der Waals surface area contributed by atoms with Gasteiger partial charge < -0.3 is 20.5 Å². The molecular formula is C27H31N3O2Si. The summed E-state index contributed by atoms with van der Waals surface area (Å²) in [6.45, 7) is 5.06. The van der Waals surface area contributed by atoms with E-state index in [0.29, 0.717) is 0 Å². The standard InChI is InChI=1S/C27H31N3O2Si/c1-29(2)19-8-11-22-24(14-19)33(5,6)25-15-20(30(3)4)9-12-23(25)26(22)21-10-7-17(27(31)32)13-18(21)16-28/h7-15H,16,28H2,1-6H3. The Morgan fingerprint density at radius 2 is 1.76 bits per heavy atom. The first-order valence-corrected chi connectivity index (χ1v) is 14.1. The van der Waals surface area contributed by atoms with Crippen molar-refractivity contribution in [1.82, 2.24) is 0 Å². The normalized spacial score (nSPS) is 16.2. The summed E-state index contributed by atoms with van der Waals surface area (Å²) < 4.78 is 2.14. The highest BCUT2D eigenvalue weighted by atomic mass is 28.3. The zero-order valence-electron chi connectivity index (χ0n) is 20.2. The summed E-state index contributed by atoms with van der Waals surface area (Å²) in [6.07, 6.45) is 6.69. The fraction of sp³-hybridized carbons (Fsp3) is 0.259. The van der Waals surface area contributed by atoms with E-state index in [1.165, 1.54) is 32.9 Å². The van der Waals surface area contributed by atoms with Gasteiger partial charge in [0, 0.05) is 38.5 Å². The summed E-state index contributed by atoms with van der Waals surface area (Å²) in [5, 5.41) is 14.2. The van der Waals surface area contributed by atoms with Gasteiger partial charge in [-0.3, -0.25) is 0 Å². The number of nitrogens with zero attached hydrogens (tertiary/aromatic N) is 2. The number of anilines is 1. The van der Waals surface area contributed by atoms with Gasteiger partial charge in [0.05, 0.1) is 5.97 Å². The van der Waals surface area contributed by atoms with Crippen LogP contribution in [0.2, 0.25) is 13.1 Å². The van der Waals surface area contributed by atoms with Gasteiger partial charge in [-0.05, 0) is 68.1 Å². The van der Waals surface area contributed by atoms with E-state index in [2.05, 4.69) is 87.2 Å². The number of nitrogens with two attached hydrogens (primary N) is 1. The van der Waals surface area contributed by atoms with Gasteiger partial charge in [0.25, 0.3) is 0 Å². The molecule has 0 saturated heterocycles. The first-order chi connectivity index (χ1) is 15.6. The molecule has 0 saturated carbocycles. The van der Waals surface area contributed by atoms with Crippen LogP contribution in [0.15, 0.2) is 65.4 Å². The van der Waals surface area contributed by atoms with E-state index < -0.39 is 14.0 Å². The topological polar surface area (TPSA) is 72.4 Å². The number of carboxylic acid groups (broad SMARTS) is 1. The molecule has 2 aromatic rings. The summed E-state index contributed by atoms with van der Waals surface area (Å²) in [6, 6.07) is 11.8. The molecule has 1 aliphatic carbocycles. The maximum atomic E-state index is 11.5. The number of benzene rings is 2. The highest BCUT2D eigenvalue weighted by Gasteiger charge is 2.40. The molecule has 0 bridgehead atoms. The third kappa shape index (κ3) is 3.79. The maximum Gasteiger partial charge on any atom is 0.199 e. The van der Waals surface area contributed by atoms with Gasteiger partial charge in [0.2, 0.25) is 0 Å². The average Bonchev–Trinajstić information content (AvgIpc) is 2.78. The molecule has 170 valence electrons. The van der Waals surface area contributed by atoms with Gasteiger partial charge in [-0.15, -0.1) is 0 Å². The SMILES string of the molecule is CN(C)c1ccc2c(c1)[Si](C)(C)C1=CC(=[N+](C)C)C=CC1=C2c1ccc(C(=O)[O-])cc1CN. The van der Waals surface area contributed by atoms with Crippen LogP contribution >= 0.6 is 0 Å². The smallest absolute Gasteiger partial charge is 0.199 e. The van der Waals surface area contributed by atoms with Gasteiger partial charge in [0.1, 0.15) is 22.2 Å². The van der Waals surface area contributed by atoms with E-state index in [0.717, 1.165) is 16.7 Å². The summed E-state index contributed by atoms with van der Waals surface area (Å²) >= 11 is 0. The van der Waals surface area contributed by atoms with E-state index in [-0.39, 0.29) is 12.1 Å². The van der Waals surface area contributed by atoms with Gasteiger partial charge in [-0.25, -0.2) is 4.58 Å². The van der Waals surface area contributed by atoms with E-state index in [4.69, 9.17) is 5.73 Å². The Morgan fingerprint density at radius 1 is 1.06 bits per heavy atom. The molecule has 2 aromatic carbocycles. The third-order valence-electron chi connectivity index (χ3n) is 6.75. The first kappa shape index (κ1) is 23.0. The predicted octanol–water partition coefficient (Wildman–Crippen LogP) is 2.05. The number of carboxylic acids is 1. The fourth-order valence-electron chi connectivity index (χ4n) is 4.80. The lowest BCUT2D eigenvalue weighted by Gasteiger charge is -2.38. The summed E-state index contributed by atoms with van der Waals surface area (Å²) in [5.74, 6) is -1.19. The Morgan fingerprint density at radius 3 is 2.36 bits per heavy atom. The number of fused-ring (bicyclic) bond motifs is 2. The zero-order chi connectivity index (χ0) is 24.1. The molecule has 0 amide bonds. The van der Waals surface area contributed by atoms with Crippen molar-refractivity contribution in [2.24, 2.45) is 5.73 Å². The van der Waals surface area contributed by atoms with Gasteiger partial charge >= 0.3 is 0 Å². The zero-order valence-corrected chi connectivity index (χ0v) is 21.2. The Labute approximate surface area is 196 Å². The predicted molar refractivity (Wildman–Crippen MR) is 137 cm³/mol. The van der Waals surface area contributed by atoms with E-state index in [1.807, 2.05) is 6.07 Å². The molecule has 2 N–H and O–H groups in total. The number of hydrogen-bond donors (Lipinski definition) is 1.